The van der Waals surface area contributed by atoms with Gasteiger partial charge in [-0.05, 0) is 43.5 Å². The maximum atomic E-state index is 12.7. The van der Waals surface area contributed by atoms with E-state index in [9.17, 15) is 4.79 Å². The SMILES string of the molecule is CCN1c2cccnc2-n2cccc2C12CCN(C(=O)CC(C)C)C2. The van der Waals surface area contributed by atoms with E-state index in [0.717, 1.165) is 37.6 Å². The number of carbonyl (C=O) groups excluding carboxylic acids is 1. The highest BCUT2D eigenvalue weighted by molar-refractivity contribution is 5.77. The Labute approximate surface area is 149 Å². The fourth-order valence-electron chi connectivity index (χ4n) is 4.49. The first-order valence-corrected chi connectivity index (χ1v) is 9.25. The van der Waals surface area contributed by atoms with Gasteiger partial charge in [-0.1, -0.05) is 13.8 Å². The van der Waals surface area contributed by atoms with Crippen LogP contribution in [-0.4, -0.2) is 40.0 Å². The van der Waals surface area contributed by atoms with Gasteiger partial charge in [0.15, 0.2) is 5.82 Å². The Morgan fingerprint density at radius 2 is 2.16 bits per heavy atom. The summed E-state index contributed by atoms with van der Waals surface area (Å²) in [6, 6.07) is 8.43. The van der Waals surface area contributed by atoms with Crippen molar-refractivity contribution in [2.75, 3.05) is 24.5 Å². The zero-order valence-electron chi connectivity index (χ0n) is 15.3. The molecule has 0 aromatic carbocycles. The molecule has 4 heterocycles. The number of carbonyl (C=O) groups is 1. The Bertz CT molecular complexity index is 796. The molecule has 0 aliphatic carbocycles. The highest BCUT2D eigenvalue weighted by Crippen LogP contribution is 2.46. The number of anilines is 1. The lowest BCUT2D eigenvalue weighted by molar-refractivity contribution is -0.131. The molecule has 132 valence electrons. The highest BCUT2D eigenvalue weighted by Gasteiger charge is 2.50. The summed E-state index contributed by atoms with van der Waals surface area (Å²) in [5.41, 5.74) is 2.26. The van der Waals surface area contributed by atoms with E-state index in [1.54, 1.807) is 0 Å². The zero-order valence-corrected chi connectivity index (χ0v) is 15.3. The van der Waals surface area contributed by atoms with E-state index >= 15 is 0 Å². The quantitative estimate of drug-likeness (QED) is 0.863. The molecule has 1 unspecified atom stereocenters. The van der Waals surface area contributed by atoms with Gasteiger partial charge in [-0.2, -0.15) is 0 Å². The molecule has 0 radical (unpaired) electrons. The van der Waals surface area contributed by atoms with Crippen LogP contribution in [0.5, 0.6) is 0 Å². The van der Waals surface area contributed by atoms with Crippen LogP contribution in [0.4, 0.5) is 5.69 Å². The molecule has 2 aromatic heterocycles. The molecule has 1 amide bonds. The van der Waals surface area contributed by atoms with E-state index in [-0.39, 0.29) is 11.4 Å². The second-order valence-electron chi connectivity index (χ2n) is 7.55. The van der Waals surface area contributed by atoms with Gasteiger partial charge in [-0.15, -0.1) is 0 Å². The molecule has 0 saturated carbocycles. The van der Waals surface area contributed by atoms with E-state index in [0.29, 0.717) is 12.3 Å². The predicted octanol–water partition coefficient (Wildman–Crippen LogP) is 3.19. The van der Waals surface area contributed by atoms with E-state index in [2.05, 4.69) is 64.5 Å². The Balaban J connectivity index is 1.76. The van der Waals surface area contributed by atoms with E-state index in [1.165, 1.54) is 5.69 Å². The van der Waals surface area contributed by atoms with Crippen molar-refractivity contribution in [3.05, 3.63) is 42.4 Å². The van der Waals surface area contributed by atoms with Crippen LogP contribution in [0.2, 0.25) is 0 Å². The van der Waals surface area contributed by atoms with Crippen molar-refractivity contribution in [2.45, 2.75) is 39.2 Å². The smallest absolute Gasteiger partial charge is 0.222 e. The lowest BCUT2D eigenvalue weighted by Gasteiger charge is -2.46. The third-order valence-corrected chi connectivity index (χ3v) is 5.53. The molecule has 1 fully saturated rings. The van der Waals surface area contributed by atoms with E-state index in [4.69, 9.17) is 0 Å². The third kappa shape index (κ3) is 2.36. The Morgan fingerprint density at radius 3 is 2.92 bits per heavy atom. The largest absolute Gasteiger partial charge is 0.356 e. The molecule has 2 aromatic rings. The Morgan fingerprint density at radius 1 is 1.32 bits per heavy atom. The molecule has 2 aliphatic rings. The molecule has 25 heavy (non-hydrogen) atoms. The number of aromatic nitrogens is 2. The number of amides is 1. The number of hydrogen-bond acceptors (Lipinski definition) is 3. The van der Waals surface area contributed by atoms with Crippen molar-refractivity contribution in [3.8, 4) is 5.82 Å². The lowest BCUT2D eigenvalue weighted by Crippen LogP contribution is -2.52. The van der Waals surface area contributed by atoms with Crippen LogP contribution in [-0.2, 0) is 10.3 Å². The third-order valence-electron chi connectivity index (χ3n) is 5.53. The monoisotopic (exact) mass is 338 g/mol. The molecule has 0 bridgehead atoms. The number of pyridine rings is 1. The van der Waals surface area contributed by atoms with Gasteiger partial charge in [0.05, 0.1) is 16.9 Å². The number of likely N-dealkylation sites (N-methyl/N-ethyl adjacent to an activating group) is 1. The average Bonchev–Trinajstić information content (AvgIpc) is 3.23. The molecule has 0 N–H and O–H groups in total. The van der Waals surface area contributed by atoms with Crippen molar-refractivity contribution in [1.29, 1.82) is 0 Å². The van der Waals surface area contributed by atoms with Crippen molar-refractivity contribution in [2.24, 2.45) is 5.92 Å². The molecule has 1 atom stereocenters. The van der Waals surface area contributed by atoms with Crippen LogP contribution >= 0.6 is 0 Å². The minimum Gasteiger partial charge on any atom is -0.356 e. The molecule has 5 heteroatoms. The maximum Gasteiger partial charge on any atom is 0.222 e. The van der Waals surface area contributed by atoms with Crippen LogP contribution in [0.15, 0.2) is 36.7 Å². The topological polar surface area (TPSA) is 41.4 Å². The van der Waals surface area contributed by atoms with Gasteiger partial charge in [0.2, 0.25) is 5.91 Å². The summed E-state index contributed by atoms with van der Waals surface area (Å²) in [7, 11) is 0. The summed E-state index contributed by atoms with van der Waals surface area (Å²) in [6.07, 6.45) is 5.53. The van der Waals surface area contributed by atoms with Gasteiger partial charge in [-0.3, -0.25) is 4.79 Å². The molecular weight excluding hydrogens is 312 g/mol. The summed E-state index contributed by atoms with van der Waals surface area (Å²) in [5, 5.41) is 0. The van der Waals surface area contributed by atoms with Crippen molar-refractivity contribution in [3.63, 3.8) is 0 Å². The molecule has 1 saturated heterocycles. The fourth-order valence-corrected chi connectivity index (χ4v) is 4.49. The summed E-state index contributed by atoms with van der Waals surface area (Å²) >= 11 is 0. The molecular formula is C20H26N4O. The van der Waals surface area contributed by atoms with Gasteiger partial charge < -0.3 is 14.4 Å². The maximum absolute atomic E-state index is 12.7. The molecule has 2 aliphatic heterocycles. The Hall–Kier alpha value is -2.30. The van der Waals surface area contributed by atoms with Crippen LogP contribution in [0.3, 0.4) is 0 Å². The minimum atomic E-state index is -0.152. The first-order chi connectivity index (χ1) is 12.1. The summed E-state index contributed by atoms with van der Waals surface area (Å²) in [4.78, 5) is 21.8. The van der Waals surface area contributed by atoms with Crippen LogP contribution < -0.4 is 4.90 Å². The van der Waals surface area contributed by atoms with Crippen LogP contribution in [0, 0.1) is 5.92 Å². The predicted molar refractivity (Wildman–Crippen MR) is 98.9 cm³/mol. The summed E-state index contributed by atoms with van der Waals surface area (Å²) in [6.45, 7) is 8.88. The van der Waals surface area contributed by atoms with Gasteiger partial charge in [0, 0.05) is 38.4 Å². The minimum absolute atomic E-state index is 0.152. The normalized spacial score (nSPS) is 21.8. The molecule has 4 rings (SSSR count). The van der Waals surface area contributed by atoms with Gasteiger partial charge >= 0.3 is 0 Å². The van der Waals surface area contributed by atoms with Crippen molar-refractivity contribution >= 4 is 11.6 Å². The zero-order chi connectivity index (χ0) is 17.6. The van der Waals surface area contributed by atoms with Crippen molar-refractivity contribution < 1.29 is 4.79 Å². The van der Waals surface area contributed by atoms with Gasteiger partial charge in [0.1, 0.15) is 0 Å². The highest BCUT2D eigenvalue weighted by atomic mass is 16.2. The first kappa shape index (κ1) is 16.2. The lowest BCUT2D eigenvalue weighted by atomic mass is 9.89. The summed E-state index contributed by atoms with van der Waals surface area (Å²) < 4.78 is 2.21. The number of nitrogens with zero attached hydrogens (tertiary/aromatic N) is 4. The molecule has 5 nitrogen and oxygen atoms in total. The van der Waals surface area contributed by atoms with Crippen LogP contribution in [0.25, 0.3) is 5.82 Å². The molecule has 1 spiro atoms. The first-order valence-electron chi connectivity index (χ1n) is 9.25. The standard InChI is InChI=1S/C20H26N4O/c1-4-24-16-7-5-10-21-19(16)23-11-6-8-17(23)20(24)9-12-22(14-20)18(25)13-15(2)3/h5-8,10-11,15H,4,9,12-14H2,1-3H3. The number of fused-ring (bicyclic) bond motifs is 4. The Kier molecular flexibility index (Phi) is 3.82. The second kappa shape index (κ2) is 5.90. The fraction of sp³-hybridized carbons (Fsp3) is 0.500. The van der Waals surface area contributed by atoms with Crippen LogP contribution in [0.1, 0.15) is 39.3 Å². The van der Waals surface area contributed by atoms with Gasteiger partial charge in [-0.25, -0.2) is 4.98 Å². The number of hydrogen-bond donors (Lipinski definition) is 0. The number of likely N-dealkylation sites (tertiary alicyclic amines) is 1. The number of rotatable bonds is 3. The second-order valence-corrected chi connectivity index (χ2v) is 7.55. The summed E-state index contributed by atoms with van der Waals surface area (Å²) in [5.74, 6) is 1.66. The van der Waals surface area contributed by atoms with E-state index in [1.807, 2.05) is 12.3 Å². The van der Waals surface area contributed by atoms with E-state index < -0.39 is 0 Å². The van der Waals surface area contributed by atoms with Gasteiger partial charge in [0.25, 0.3) is 0 Å². The van der Waals surface area contributed by atoms with Crippen molar-refractivity contribution in [1.82, 2.24) is 14.5 Å². The average molecular weight is 338 g/mol.